The maximum absolute atomic E-state index is 12.5. The van der Waals surface area contributed by atoms with Gasteiger partial charge < -0.3 is 9.80 Å². The van der Waals surface area contributed by atoms with Gasteiger partial charge in [-0.15, -0.1) is 0 Å². The minimum absolute atomic E-state index is 0.0707. The van der Waals surface area contributed by atoms with Gasteiger partial charge in [0.05, 0.1) is 17.4 Å². The highest BCUT2D eigenvalue weighted by molar-refractivity contribution is 7.94. The first-order chi connectivity index (χ1) is 11.3. The van der Waals surface area contributed by atoms with E-state index in [1.807, 2.05) is 7.05 Å². The Morgan fingerprint density at radius 3 is 2.17 bits per heavy atom. The molecule has 0 spiro atoms. The molecule has 1 aromatic rings. The zero-order valence-corrected chi connectivity index (χ0v) is 14.6. The number of hydrogen-bond donors (Lipinski definition) is 0. The summed E-state index contributed by atoms with van der Waals surface area (Å²) in [5, 5.41) is 0. The number of amides is 2. The van der Waals surface area contributed by atoms with Gasteiger partial charge in [0.2, 0.25) is 15.9 Å². The molecule has 2 aliphatic heterocycles. The smallest absolute Gasteiger partial charge is 0.253 e. The Morgan fingerprint density at radius 1 is 1.08 bits per heavy atom. The van der Waals surface area contributed by atoms with Gasteiger partial charge in [0.15, 0.2) is 0 Å². The molecule has 0 bridgehead atoms. The van der Waals surface area contributed by atoms with E-state index in [0.717, 1.165) is 17.4 Å². The van der Waals surface area contributed by atoms with Crippen LogP contribution in [-0.2, 0) is 14.8 Å². The molecule has 3 rings (SSSR count). The van der Waals surface area contributed by atoms with Crippen LogP contribution < -0.4 is 4.31 Å². The first-order valence-electron chi connectivity index (χ1n) is 7.94. The van der Waals surface area contributed by atoms with Crippen LogP contribution in [-0.4, -0.2) is 69.0 Å². The van der Waals surface area contributed by atoms with Gasteiger partial charge in [0.1, 0.15) is 0 Å². The summed E-state index contributed by atoms with van der Waals surface area (Å²) in [6.45, 7) is 4.62. The summed E-state index contributed by atoms with van der Waals surface area (Å²) in [5.41, 5.74) is 0.791. The second-order valence-corrected chi connectivity index (χ2v) is 8.29. The topological polar surface area (TPSA) is 78.0 Å². The second-order valence-electron chi connectivity index (χ2n) is 6.42. The lowest BCUT2D eigenvalue weighted by Gasteiger charge is -2.32. The molecule has 0 N–H and O–H groups in total. The van der Waals surface area contributed by atoms with E-state index >= 15 is 0 Å². The molecular weight excluding hydrogens is 330 g/mol. The number of benzene rings is 1. The lowest BCUT2D eigenvalue weighted by molar-refractivity contribution is -0.119. The molecule has 0 radical (unpaired) electrons. The van der Waals surface area contributed by atoms with E-state index in [2.05, 4.69) is 4.90 Å². The van der Waals surface area contributed by atoms with Crippen LogP contribution in [0.25, 0.3) is 0 Å². The molecule has 1 unspecified atom stereocenters. The molecule has 7 nitrogen and oxygen atoms in total. The molecule has 0 saturated carbocycles. The van der Waals surface area contributed by atoms with Crippen molar-refractivity contribution in [2.75, 3.05) is 43.3 Å². The Bertz CT molecular complexity index is 752. The van der Waals surface area contributed by atoms with Crippen molar-refractivity contribution in [2.24, 2.45) is 5.92 Å². The van der Waals surface area contributed by atoms with E-state index in [4.69, 9.17) is 0 Å². The van der Waals surface area contributed by atoms with Crippen LogP contribution in [0.5, 0.6) is 0 Å². The number of hydrogen-bond acceptors (Lipinski definition) is 5. The fourth-order valence-corrected chi connectivity index (χ4v) is 4.84. The number of carbonyl (C=O) groups excluding carboxylic acids is 2. The fourth-order valence-electron chi connectivity index (χ4n) is 3.02. The van der Waals surface area contributed by atoms with Crippen LogP contribution in [0.15, 0.2) is 24.3 Å². The highest BCUT2D eigenvalue weighted by Gasteiger charge is 2.41. The number of nitrogens with zero attached hydrogens (tertiary/aromatic N) is 3. The van der Waals surface area contributed by atoms with Gasteiger partial charge >= 0.3 is 0 Å². The summed E-state index contributed by atoms with van der Waals surface area (Å²) in [4.78, 5) is 28.5. The summed E-state index contributed by atoms with van der Waals surface area (Å²) in [6, 6.07) is 6.22. The molecule has 0 aromatic heterocycles. The third-order valence-corrected chi connectivity index (χ3v) is 6.37. The monoisotopic (exact) mass is 351 g/mol. The van der Waals surface area contributed by atoms with Crippen molar-refractivity contribution in [3.8, 4) is 0 Å². The number of anilines is 1. The van der Waals surface area contributed by atoms with E-state index in [9.17, 15) is 18.0 Å². The summed E-state index contributed by atoms with van der Waals surface area (Å²) in [5.74, 6) is -1.21. The Balaban J connectivity index is 1.79. The van der Waals surface area contributed by atoms with Gasteiger partial charge in [-0.1, -0.05) is 6.92 Å². The lowest BCUT2D eigenvalue weighted by Crippen LogP contribution is -2.47. The molecular formula is C16H21N3O4S. The molecule has 1 atom stereocenters. The van der Waals surface area contributed by atoms with Crippen LogP contribution in [0, 0.1) is 5.92 Å². The zero-order chi connectivity index (χ0) is 17.5. The van der Waals surface area contributed by atoms with Crippen molar-refractivity contribution in [1.82, 2.24) is 9.80 Å². The molecule has 0 aliphatic carbocycles. The maximum Gasteiger partial charge on any atom is 0.253 e. The van der Waals surface area contributed by atoms with Gasteiger partial charge in [0, 0.05) is 31.7 Å². The number of rotatable bonds is 2. The van der Waals surface area contributed by atoms with Crippen LogP contribution in [0.3, 0.4) is 0 Å². The quantitative estimate of drug-likeness (QED) is 0.770. The normalized spacial score (nSPS) is 24.4. The van der Waals surface area contributed by atoms with Crippen molar-refractivity contribution in [2.45, 2.75) is 6.92 Å². The lowest BCUT2D eigenvalue weighted by atomic mass is 10.1. The van der Waals surface area contributed by atoms with E-state index in [1.165, 1.54) is 12.1 Å². The molecule has 24 heavy (non-hydrogen) atoms. The molecule has 2 heterocycles. The highest BCUT2D eigenvalue weighted by atomic mass is 32.2. The van der Waals surface area contributed by atoms with Gasteiger partial charge in [-0.2, -0.15) is 0 Å². The Labute approximate surface area is 141 Å². The first kappa shape index (κ1) is 16.9. The summed E-state index contributed by atoms with van der Waals surface area (Å²) < 4.78 is 25.1. The third kappa shape index (κ3) is 3.03. The van der Waals surface area contributed by atoms with E-state index < -0.39 is 21.8 Å². The highest BCUT2D eigenvalue weighted by Crippen LogP contribution is 2.28. The van der Waals surface area contributed by atoms with Crippen LogP contribution in [0.2, 0.25) is 0 Å². The third-order valence-electron chi connectivity index (χ3n) is 4.50. The molecule has 1 aromatic carbocycles. The van der Waals surface area contributed by atoms with Crippen molar-refractivity contribution in [3.05, 3.63) is 29.8 Å². The summed E-state index contributed by atoms with van der Waals surface area (Å²) in [7, 11) is -1.60. The minimum atomic E-state index is -3.62. The van der Waals surface area contributed by atoms with Crippen LogP contribution in [0.4, 0.5) is 5.69 Å². The van der Waals surface area contributed by atoms with Crippen LogP contribution >= 0.6 is 0 Å². The number of likely N-dealkylation sites (N-methyl/N-ethyl adjacent to an activating group) is 1. The van der Waals surface area contributed by atoms with Crippen LogP contribution in [0.1, 0.15) is 17.3 Å². The average molecular weight is 351 g/mol. The molecule has 130 valence electrons. The van der Waals surface area contributed by atoms with Crippen molar-refractivity contribution in [3.63, 3.8) is 0 Å². The Morgan fingerprint density at radius 2 is 1.67 bits per heavy atom. The van der Waals surface area contributed by atoms with Gasteiger partial charge in [-0.05, 0) is 31.3 Å². The fraction of sp³-hybridized carbons (Fsp3) is 0.500. The Hall–Kier alpha value is -1.93. The number of carbonyl (C=O) groups is 2. The molecule has 8 heteroatoms. The van der Waals surface area contributed by atoms with Crippen molar-refractivity contribution in [1.29, 1.82) is 0 Å². The predicted molar refractivity (Wildman–Crippen MR) is 90.3 cm³/mol. The molecule has 2 saturated heterocycles. The maximum atomic E-state index is 12.5. The summed E-state index contributed by atoms with van der Waals surface area (Å²) in [6.07, 6.45) is 0. The van der Waals surface area contributed by atoms with Crippen molar-refractivity contribution < 1.29 is 18.0 Å². The zero-order valence-electron chi connectivity index (χ0n) is 13.8. The molecule has 2 amide bonds. The number of piperazine rings is 1. The number of sulfonamides is 1. The van der Waals surface area contributed by atoms with E-state index in [1.54, 1.807) is 24.0 Å². The standard InChI is InChI=1S/C16H21N3O4S/c1-12-11-24(22,23)19(15(12)20)14-5-3-13(4-6-14)16(21)18-9-7-17(2)8-10-18/h3-6,12H,7-11H2,1-2H3. The SMILES string of the molecule is CC1CS(=O)(=O)N(c2ccc(C(=O)N3CCN(C)CC3)cc2)C1=O. The molecule has 2 fully saturated rings. The first-order valence-corrected chi connectivity index (χ1v) is 9.55. The second kappa shape index (κ2) is 6.18. The van der Waals surface area contributed by atoms with Crippen molar-refractivity contribution >= 4 is 27.5 Å². The summed E-state index contributed by atoms with van der Waals surface area (Å²) >= 11 is 0. The van der Waals surface area contributed by atoms with Gasteiger partial charge in [0.25, 0.3) is 5.91 Å². The van der Waals surface area contributed by atoms with Gasteiger partial charge in [-0.25, -0.2) is 12.7 Å². The largest absolute Gasteiger partial charge is 0.336 e. The van der Waals surface area contributed by atoms with E-state index in [0.29, 0.717) is 24.3 Å². The Kier molecular flexibility index (Phi) is 4.35. The molecule has 2 aliphatic rings. The predicted octanol–water partition coefficient (Wildman–Crippen LogP) is 0.387. The van der Waals surface area contributed by atoms with E-state index in [-0.39, 0.29) is 11.7 Å². The minimum Gasteiger partial charge on any atom is -0.336 e. The van der Waals surface area contributed by atoms with Gasteiger partial charge in [-0.3, -0.25) is 9.59 Å². The average Bonchev–Trinajstić information content (AvgIpc) is 2.75.